The fourth-order valence-electron chi connectivity index (χ4n) is 5.56. The molecule has 0 bridgehead atoms. The van der Waals surface area contributed by atoms with Crippen molar-refractivity contribution in [2.75, 3.05) is 13.7 Å². The molecular formula is C26H28N6O2. The lowest BCUT2D eigenvalue weighted by Crippen LogP contribution is -2.39. The highest BCUT2D eigenvalue weighted by atomic mass is 16.5. The molecule has 0 amide bonds. The quantitative estimate of drug-likeness (QED) is 0.492. The summed E-state index contributed by atoms with van der Waals surface area (Å²) in [5.41, 5.74) is 3.99. The number of aromatic amines is 1. The number of hydrogen-bond acceptors (Lipinski definition) is 6. The Morgan fingerprint density at radius 1 is 1.09 bits per heavy atom. The van der Waals surface area contributed by atoms with Crippen LogP contribution in [0.5, 0.6) is 5.75 Å². The summed E-state index contributed by atoms with van der Waals surface area (Å²) < 4.78 is 7.41. The molecule has 6 rings (SSSR count). The Labute approximate surface area is 197 Å². The van der Waals surface area contributed by atoms with Gasteiger partial charge in [0.1, 0.15) is 11.8 Å². The number of ether oxygens (including phenoxy) is 1. The number of nitrogens with zero attached hydrogens (tertiary/aromatic N) is 5. The van der Waals surface area contributed by atoms with Gasteiger partial charge in [0.2, 0.25) is 0 Å². The van der Waals surface area contributed by atoms with Crippen LogP contribution in [-0.4, -0.2) is 43.7 Å². The van der Waals surface area contributed by atoms with E-state index in [0.717, 1.165) is 54.8 Å². The fraction of sp³-hybridized carbons (Fsp3) is 0.385. The molecule has 34 heavy (non-hydrogen) atoms. The molecule has 2 aromatic carbocycles. The van der Waals surface area contributed by atoms with Gasteiger partial charge in [-0.05, 0) is 65.1 Å². The van der Waals surface area contributed by atoms with Gasteiger partial charge in [-0.3, -0.25) is 9.69 Å². The molecule has 8 nitrogen and oxygen atoms in total. The predicted molar refractivity (Wildman–Crippen MR) is 129 cm³/mol. The molecule has 1 N–H and O–H groups in total. The van der Waals surface area contributed by atoms with Crippen LogP contribution < -0.4 is 10.3 Å². The summed E-state index contributed by atoms with van der Waals surface area (Å²) >= 11 is 0. The van der Waals surface area contributed by atoms with Gasteiger partial charge >= 0.3 is 0 Å². The van der Waals surface area contributed by atoms with Crippen LogP contribution >= 0.6 is 0 Å². The van der Waals surface area contributed by atoms with Gasteiger partial charge in [0.05, 0.1) is 13.2 Å². The summed E-state index contributed by atoms with van der Waals surface area (Å²) in [5, 5.41) is 13.9. The molecule has 174 valence electrons. The Morgan fingerprint density at radius 2 is 1.91 bits per heavy atom. The summed E-state index contributed by atoms with van der Waals surface area (Å²) in [7, 11) is 1.65. The average Bonchev–Trinajstić information content (AvgIpc) is 3.56. The Kier molecular flexibility index (Phi) is 5.37. The van der Waals surface area contributed by atoms with Crippen molar-refractivity contribution in [3.63, 3.8) is 0 Å². The minimum Gasteiger partial charge on any atom is -0.497 e. The monoisotopic (exact) mass is 456 g/mol. The summed E-state index contributed by atoms with van der Waals surface area (Å²) in [4.78, 5) is 18.9. The van der Waals surface area contributed by atoms with E-state index in [1.54, 1.807) is 7.11 Å². The lowest BCUT2D eigenvalue weighted by molar-refractivity contribution is 0.190. The first-order valence-electron chi connectivity index (χ1n) is 12.0. The van der Waals surface area contributed by atoms with Crippen LogP contribution in [0.25, 0.3) is 10.9 Å². The molecule has 1 fully saturated rings. The lowest BCUT2D eigenvalue weighted by Gasteiger charge is -2.35. The third kappa shape index (κ3) is 3.68. The van der Waals surface area contributed by atoms with Gasteiger partial charge in [0.15, 0.2) is 5.82 Å². The molecule has 1 aliphatic carbocycles. The van der Waals surface area contributed by atoms with Crippen molar-refractivity contribution in [2.45, 2.75) is 50.7 Å². The Bertz CT molecular complexity index is 1390. The van der Waals surface area contributed by atoms with E-state index in [9.17, 15) is 4.79 Å². The van der Waals surface area contributed by atoms with Gasteiger partial charge < -0.3 is 9.72 Å². The molecule has 1 aliphatic heterocycles. The number of fused-ring (bicyclic) bond motifs is 2. The van der Waals surface area contributed by atoms with Crippen LogP contribution in [0.2, 0.25) is 0 Å². The number of hydrogen-bond donors (Lipinski definition) is 1. The summed E-state index contributed by atoms with van der Waals surface area (Å²) in [6.07, 6.45) is 5.43. The normalized spacial score (nSPS) is 17.7. The Hall–Kier alpha value is -3.52. The maximum absolute atomic E-state index is 13.5. The van der Waals surface area contributed by atoms with Crippen molar-refractivity contribution in [3.8, 4) is 5.75 Å². The molecule has 2 aromatic heterocycles. The number of H-pyrrole nitrogens is 1. The van der Waals surface area contributed by atoms with Crippen LogP contribution in [0, 0.1) is 0 Å². The molecule has 0 saturated heterocycles. The number of nitrogens with one attached hydrogen (secondary N) is 1. The van der Waals surface area contributed by atoms with E-state index < -0.39 is 0 Å². The molecule has 0 spiro atoms. The van der Waals surface area contributed by atoms with Crippen molar-refractivity contribution in [3.05, 3.63) is 81.4 Å². The van der Waals surface area contributed by atoms with E-state index in [1.807, 2.05) is 28.9 Å². The maximum Gasteiger partial charge on any atom is 0.253 e. The minimum absolute atomic E-state index is 0.109. The second kappa shape index (κ2) is 8.68. The highest BCUT2D eigenvalue weighted by Crippen LogP contribution is 2.36. The largest absolute Gasteiger partial charge is 0.497 e. The second-order valence-corrected chi connectivity index (χ2v) is 9.32. The number of methoxy groups -OCH3 is 1. The van der Waals surface area contributed by atoms with Gasteiger partial charge in [0, 0.05) is 29.6 Å². The van der Waals surface area contributed by atoms with Crippen molar-refractivity contribution < 1.29 is 4.74 Å². The van der Waals surface area contributed by atoms with Crippen molar-refractivity contribution in [2.24, 2.45) is 0 Å². The van der Waals surface area contributed by atoms with E-state index in [4.69, 9.17) is 4.74 Å². The van der Waals surface area contributed by atoms with Crippen molar-refractivity contribution in [1.82, 2.24) is 30.1 Å². The zero-order valence-corrected chi connectivity index (χ0v) is 19.3. The van der Waals surface area contributed by atoms with Gasteiger partial charge in [0.25, 0.3) is 5.56 Å². The smallest absolute Gasteiger partial charge is 0.253 e. The highest BCUT2D eigenvalue weighted by Gasteiger charge is 2.34. The first-order chi connectivity index (χ1) is 16.7. The topological polar surface area (TPSA) is 88.9 Å². The predicted octanol–water partition coefficient (Wildman–Crippen LogP) is 3.79. The highest BCUT2D eigenvalue weighted by molar-refractivity contribution is 5.80. The van der Waals surface area contributed by atoms with E-state index in [2.05, 4.69) is 49.7 Å². The zero-order chi connectivity index (χ0) is 23.1. The summed E-state index contributed by atoms with van der Waals surface area (Å²) in [6, 6.07) is 16.2. The molecule has 2 aliphatic rings. The van der Waals surface area contributed by atoms with E-state index >= 15 is 0 Å². The van der Waals surface area contributed by atoms with E-state index in [0.29, 0.717) is 5.56 Å². The second-order valence-electron chi connectivity index (χ2n) is 9.32. The van der Waals surface area contributed by atoms with Crippen LogP contribution in [0.4, 0.5) is 0 Å². The number of rotatable bonds is 5. The zero-order valence-electron chi connectivity index (χ0n) is 19.3. The molecule has 4 aromatic rings. The third-order valence-electron chi connectivity index (χ3n) is 7.33. The van der Waals surface area contributed by atoms with Crippen LogP contribution in [-0.2, 0) is 13.0 Å². The standard InChI is InChI=1S/C26H28N6O2/c1-34-21-10-11-23-19(14-21)15-22(26(33)27-23)24(25-28-29-30-32(25)20-8-4-5-9-20)31-13-12-17-6-2-3-7-18(17)16-31/h2-3,6-7,10-11,14-15,20,24H,4-5,8-9,12-13,16H2,1H3,(H,27,33)/t24-/m1/s1. The fourth-order valence-corrected chi connectivity index (χ4v) is 5.56. The lowest BCUT2D eigenvalue weighted by atomic mass is 9.95. The molecule has 0 radical (unpaired) electrons. The first kappa shape index (κ1) is 21.0. The van der Waals surface area contributed by atoms with Crippen molar-refractivity contribution in [1.29, 1.82) is 0 Å². The third-order valence-corrected chi connectivity index (χ3v) is 7.33. The van der Waals surface area contributed by atoms with Crippen LogP contribution in [0.3, 0.4) is 0 Å². The first-order valence-corrected chi connectivity index (χ1v) is 12.0. The molecule has 8 heteroatoms. The van der Waals surface area contributed by atoms with Gasteiger partial charge in [-0.2, -0.15) is 0 Å². The molecule has 1 atom stereocenters. The Morgan fingerprint density at radius 3 is 2.74 bits per heavy atom. The molecule has 3 heterocycles. The van der Waals surface area contributed by atoms with Crippen molar-refractivity contribution >= 4 is 10.9 Å². The molecule has 0 unspecified atom stereocenters. The maximum atomic E-state index is 13.5. The molecule has 1 saturated carbocycles. The van der Waals surface area contributed by atoms with Gasteiger partial charge in [-0.25, -0.2) is 4.68 Å². The van der Waals surface area contributed by atoms with Gasteiger partial charge in [-0.1, -0.05) is 37.1 Å². The summed E-state index contributed by atoms with van der Waals surface area (Å²) in [5.74, 6) is 1.50. The van der Waals surface area contributed by atoms with Crippen LogP contribution in [0.1, 0.15) is 60.3 Å². The SMILES string of the molecule is COc1ccc2[nH]c(=O)c([C@H](c3nnnn3C3CCCC3)N3CCc4ccccc4C3)cc2c1. The van der Waals surface area contributed by atoms with Crippen LogP contribution in [0.15, 0.2) is 53.3 Å². The molecular weight excluding hydrogens is 428 g/mol. The number of aromatic nitrogens is 5. The summed E-state index contributed by atoms with van der Waals surface area (Å²) in [6.45, 7) is 1.57. The average molecular weight is 457 g/mol. The number of pyridine rings is 1. The Balaban J connectivity index is 1.50. The number of tetrazole rings is 1. The van der Waals surface area contributed by atoms with E-state index in [1.165, 1.54) is 24.0 Å². The van der Waals surface area contributed by atoms with E-state index in [-0.39, 0.29) is 17.6 Å². The van der Waals surface area contributed by atoms with Gasteiger partial charge in [-0.15, -0.1) is 5.10 Å². The minimum atomic E-state index is -0.344. The number of benzene rings is 2.